The zero-order valence-electron chi connectivity index (χ0n) is 13.8. The minimum Gasteiger partial charge on any atom is -0.328 e. The zero-order valence-corrected chi connectivity index (χ0v) is 14.6. The molecular formula is C19H23N3OS. The summed E-state index contributed by atoms with van der Waals surface area (Å²) in [4.78, 5) is 16.6. The van der Waals surface area contributed by atoms with E-state index in [1.807, 2.05) is 18.3 Å². The number of thioether (sulfide) groups is 1. The second-order valence-corrected chi connectivity index (χ2v) is 7.95. The molecule has 2 aromatic rings. The van der Waals surface area contributed by atoms with Gasteiger partial charge in [-0.05, 0) is 37.0 Å². The molecule has 2 heterocycles. The molecule has 4 nitrogen and oxygen atoms in total. The number of benzene rings is 1. The highest BCUT2D eigenvalue weighted by molar-refractivity contribution is 8.00. The molecule has 5 heteroatoms. The first-order valence-electron chi connectivity index (χ1n) is 8.86. The summed E-state index contributed by atoms with van der Waals surface area (Å²) in [7, 11) is 0. The van der Waals surface area contributed by atoms with Gasteiger partial charge >= 0.3 is 0 Å². The second-order valence-electron chi connectivity index (χ2n) is 6.66. The predicted molar refractivity (Wildman–Crippen MR) is 99.3 cm³/mol. The quantitative estimate of drug-likeness (QED) is 0.890. The fourth-order valence-corrected chi connectivity index (χ4v) is 4.78. The van der Waals surface area contributed by atoms with Crippen LogP contribution in [0.5, 0.6) is 0 Å². The van der Waals surface area contributed by atoms with Gasteiger partial charge in [0.05, 0.1) is 17.6 Å². The predicted octanol–water partition coefficient (Wildman–Crippen LogP) is 4.11. The van der Waals surface area contributed by atoms with Crippen LogP contribution in [0.15, 0.2) is 30.5 Å². The average Bonchev–Trinajstić information content (AvgIpc) is 3.32. The topological polar surface area (TPSA) is 46.9 Å². The number of rotatable bonds is 5. The molecule has 0 unspecified atom stereocenters. The van der Waals surface area contributed by atoms with Crippen LogP contribution >= 0.6 is 11.8 Å². The molecule has 1 N–H and O–H groups in total. The maximum absolute atomic E-state index is 12.1. The summed E-state index contributed by atoms with van der Waals surface area (Å²) in [5.41, 5.74) is 3.21. The summed E-state index contributed by atoms with van der Waals surface area (Å²) >= 11 is 1.80. The van der Waals surface area contributed by atoms with Gasteiger partial charge in [0.25, 0.3) is 0 Å². The number of fused-ring (bicyclic) bond motifs is 1. The molecule has 1 aromatic carbocycles. The normalized spacial score (nSPS) is 17.2. The van der Waals surface area contributed by atoms with Crippen molar-refractivity contribution < 1.29 is 4.79 Å². The number of nitrogens with one attached hydrogen (secondary N) is 1. The number of anilines is 1. The molecule has 1 saturated carbocycles. The van der Waals surface area contributed by atoms with E-state index in [-0.39, 0.29) is 5.91 Å². The number of amides is 1. The van der Waals surface area contributed by atoms with Gasteiger partial charge in [-0.2, -0.15) is 0 Å². The van der Waals surface area contributed by atoms with E-state index in [0.29, 0.717) is 11.0 Å². The lowest BCUT2D eigenvalue weighted by Crippen LogP contribution is -2.15. The fraction of sp³-hybridized carbons (Fsp3) is 0.474. The molecule has 4 rings (SSSR count). The maximum atomic E-state index is 12.1. The summed E-state index contributed by atoms with van der Waals surface area (Å²) in [6, 6.07) is 8.12. The Morgan fingerprint density at radius 2 is 2.00 bits per heavy atom. The smallest absolute Gasteiger partial charge is 0.234 e. The van der Waals surface area contributed by atoms with Gasteiger partial charge < -0.3 is 9.88 Å². The van der Waals surface area contributed by atoms with Crippen LogP contribution in [0.25, 0.3) is 11.3 Å². The van der Waals surface area contributed by atoms with Crippen molar-refractivity contribution in [3.63, 3.8) is 0 Å². The Morgan fingerprint density at radius 3 is 2.79 bits per heavy atom. The van der Waals surface area contributed by atoms with Gasteiger partial charge in [0.2, 0.25) is 5.91 Å². The number of aryl methyl sites for hydroxylation is 1. The molecule has 0 radical (unpaired) electrons. The van der Waals surface area contributed by atoms with Crippen molar-refractivity contribution in [3.8, 4) is 11.3 Å². The maximum Gasteiger partial charge on any atom is 0.234 e. The fourth-order valence-electron chi connectivity index (χ4n) is 3.66. The number of carbonyl (C=O) groups is 1. The molecule has 1 fully saturated rings. The molecule has 0 atom stereocenters. The monoisotopic (exact) mass is 341 g/mol. The highest BCUT2D eigenvalue weighted by atomic mass is 32.2. The van der Waals surface area contributed by atoms with E-state index in [9.17, 15) is 4.79 Å². The summed E-state index contributed by atoms with van der Waals surface area (Å²) < 4.78 is 2.30. The van der Waals surface area contributed by atoms with Gasteiger partial charge in [0, 0.05) is 23.9 Å². The van der Waals surface area contributed by atoms with Crippen molar-refractivity contribution in [1.82, 2.24) is 9.55 Å². The van der Waals surface area contributed by atoms with Crippen LogP contribution in [0.4, 0.5) is 5.69 Å². The second kappa shape index (κ2) is 7.01. The third-order valence-electron chi connectivity index (χ3n) is 4.94. The van der Waals surface area contributed by atoms with E-state index in [4.69, 9.17) is 0 Å². The van der Waals surface area contributed by atoms with Crippen molar-refractivity contribution >= 4 is 23.4 Å². The first-order valence-corrected chi connectivity index (χ1v) is 9.91. The van der Waals surface area contributed by atoms with E-state index in [2.05, 4.69) is 27.0 Å². The van der Waals surface area contributed by atoms with Crippen molar-refractivity contribution in [3.05, 3.63) is 36.3 Å². The SMILES string of the molecule is O=C(CSC1CCCC1)Nc1ccc(-c2cnc3n2CCC3)cc1. The van der Waals surface area contributed by atoms with Crippen LogP contribution in [0.3, 0.4) is 0 Å². The largest absolute Gasteiger partial charge is 0.328 e. The summed E-state index contributed by atoms with van der Waals surface area (Å²) in [6.07, 6.45) is 9.39. The lowest BCUT2D eigenvalue weighted by molar-refractivity contribution is -0.113. The van der Waals surface area contributed by atoms with Gasteiger partial charge in [-0.3, -0.25) is 4.79 Å². The molecule has 2 aliphatic rings. The van der Waals surface area contributed by atoms with E-state index < -0.39 is 0 Å². The Morgan fingerprint density at radius 1 is 1.21 bits per heavy atom. The molecule has 126 valence electrons. The highest BCUT2D eigenvalue weighted by Crippen LogP contribution is 2.29. The number of hydrogen-bond acceptors (Lipinski definition) is 3. The van der Waals surface area contributed by atoms with Crippen LogP contribution in [0.2, 0.25) is 0 Å². The Labute approximate surface area is 147 Å². The third-order valence-corrected chi connectivity index (χ3v) is 6.31. The minimum atomic E-state index is 0.102. The van der Waals surface area contributed by atoms with E-state index >= 15 is 0 Å². The van der Waals surface area contributed by atoms with E-state index in [1.54, 1.807) is 11.8 Å². The summed E-state index contributed by atoms with van der Waals surface area (Å²) in [5.74, 6) is 1.85. The first kappa shape index (κ1) is 15.8. The first-order chi connectivity index (χ1) is 11.8. The standard InChI is InChI=1S/C19H23N3OS/c23-19(13-24-16-4-1-2-5-16)21-15-9-7-14(8-10-15)17-12-20-18-6-3-11-22(17)18/h7-10,12,16H,1-6,11,13H2,(H,21,23). The van der Waals surface area contributed by atoms with Gasteiger partial charge in [0.1, 0.15) is 5.82 Å². The zero-order chi connectivity index (χ0) is 16.4. The van der Waals surface area contributed by atoms with Gasteiger partial charge in [-0.1, -0.05) is 25.0 Å². The van der Waals surface area contributed by atoms with Gasteiger partial charge in [-0.15, -0.1) is 11.8 Å². The van der Waals surface area contributed by atoms with Crippen molar-refractivity contribution in [2.24, 2.45) is 0 Å². The van der Waals surface area contributed by atoms with Crippen LogP contribution in [0.1, 0.15) is 37.9 Å². The summed E-state index contributed by atoms with van der Waals surface area (Å²) in [5, 5.41) is 3.69. The number of nitrogens with zero attached hydrogens (tertiary/aromatic N) is 2. The lowest BCUT2D eigenvalue weighted by Gasteiger charge is -2.10. The highest BCUT2D eigenvalue weighted by Gasteiger charge is 2.18. The molecule has 0 saturated heterocycles. The number of hydrogen-bond donors (Lipinski definition) is 1. The van der Waals surface area contributed by atoms with Crippen LogP contribution < -0.4 is 5.32 Å². The van der Waals surface area contributed by atoms with Crippen LogP contribution in [-0.2, 0) is 17.8 Å². The molecular weight excluding hydrogens is 318 g/mol. The molecule has 1 aliphatic carbocycles. The third kappa shape index (κ3) is 3.36. The van der Waals surface area contributed by atoms with E-state index in [0.717, 1.165) is 24.2 Å². The van der Waals surface area contributed by atoms with Crippen molar-refractivity contribution in [1.29, 1.82) is 0 Å². The van der Waals surface area contributed by atoms with Crippen LogP contribution in [-0.4, -0.2) is 26.5 Å². The van der Waals surface area contributed by atoms with Gasteiger partial charge in [-0.25, -0.2) is 4.98 Å². The summed E-state index contributed by atoms with van der Waals surface area (Å²) in [6.45, 7) is 1.06. The Balaban J connectivity index is 1.36. The van der Waals surface area contributed by atoms with Crippen molar-refractivity contribution in [2.45, 2.75) is 50.3 Å². The molecule has 0 bridgehead atoms. The molecule has 1 amide bonds. The Bertz CT molecular complexity index is 717. The molecule has 1 aliphatic heterocycles. The molecule has 1 aromatic heterocycles. The van der Waals surface area contributed by atoms with Gasteiger partial charge in [0.15, 0.2) is 0 Å². The molecule has 24 heavy (non-hydrogen) atoms. The lowest BCUT2D eigenvalue weighted by atomic mass is 10.1. The molecule has 0 spiro atoms. The van der Waals surface area contributed by atoms with E-state index in [1.165, 1.54) is 43.6 Å². The van der Waals surface area contributed by atoms with Crippen LogP contribution in [0, 0.1) is 0 Å². The number of aromatic nitrogens is 2. The minimum absolute atomic E-state index is 0.102. The Kier molecular flexibility index (Phi) is 4.60. The average molecular weight is 341 g/mol. The number of carbonyl (C=O) groups excluding carboxylic acids is 1. The number of imidazole rings is 1. The van der Waals surface area contributed by atoms with Crippen molar-refractivity contribution in [2.75, 3.05) is 11.1 Å². The Hall–Kier alpha value is -1.75.